The van der Waals surface area contributed by atoms with E-state index in [4.69, 9.17) is 21.1 Å². The van der Waals surface area contributed by atoms with Crippen LogP contribution in [0.3, 0.4) is 0 Å². The minimum Gasteiger partial charge on any atom is -0.493 e. The molecule has 0 aliphatic heterocycles. The SMILES string of the molecule is O=C(CCOc1ccccc1)OCCCc1c[nH]c2ccc(Cl)cc12. The Morgan fingerprint density at radius 3 is 2.76 bits per heavy atom. The van der Waals surface area contributed by atoms with Crippen LogP contribution in [0.2, 0.25) is 5.02 Å². The van der Waals surface area contributed by atoms with Crippen LogP contribution in [0.15, 0.2) is 54.7 Å². The summed E-state index contributed by atoms with van der Waals surface area (Å²) in [6.45, 7) is 0.723. The lowest BCUT2D eigenvalue weighted by atomic mass is 10.1. The number of esters is 1. The zero-order valence-electron chi connectivity index (χ0n) is 13.8. The molecule has 0 saturated heterocycles. The van der Waals surface area contributed by atoms with Gasteiger partial charge in [-0.15, -0.1) is 0 Å². The van der Waals surface area contributed by atoms with Crippen molar-refractivity contribution in [3.05, 3.63) is 65.3 Å². The second kappa shape index (κ2) is 8.58. The number of H-pyrrole nitrogens is 1. The van der Waals surface area contributed by atoms with Gasteiger partial charge in [0.2, 0.25) is 0 Å². The number of benzene rings is 2. The van der Waals surface area contributed by atoms with E-state index in [1.54, 1.807) is 0 Å². The van der Waals surface area contributed by atoms with Crippen molar-refractivity contribution in [2.24, 2.45) is 0 Å². The van der Waals surface area contributed by atoms with E-state index < -0.39 is 0 Å². The van der Waals surface area contributed by atoms with Gasteiger partial charge in [-0.3, -0.25) is 4.79 Å². The minimum absolute atomic E-state index is 0.238. The maximum Gasteiger partial charge on any atom is 0.309 e. The number of rotatable bonds is 8. The molecular weight excluding hydrogens is 338 g/mol. The number of carbonyl (C=O) groups excluding carboxylic acids is 1. The quantitative estimate of drug-likeness (QED) is 0.467. The first-order valence-electron chi connectivity index (χ1n) is 8.31. The van der Waals surface area contributed by atoms with E-state index in [1.807, 2.05) is 54.7 Å². The summed E-state index contributed by atoms with van der Waals surface area (Å²) in [6, 6.07) is 15.2. The van der Waals surface area contributed by atoms with Crippen molar-refractivity contribution < 1.29 is 14.3 Å². The normalized spacial score (nSPS) is 10.8. The van der Waals surface area contributed by atoms with Crippen molar-refractivity contribution in [2.75, 3.05) is 13.2 Å². The number of ether oxygens (including phenoxy) is 2. The summed E-state index contributed by atoms with van der Waals surface area (Å²) in [5, 5.41) is 1.84. The molecule has 0 aliphatic carbocycles. The highest BCUT2D eigenvalue weighted by Crippen LogP contribution is 2.23. The van der Waals surface area contributed by atoms with Gasteiger partial charge >= 0.3 is 5.97 Å². The summed E-state index contributed by atoms with van der Waals surface area (Å²) in [7, 11) is 0. The number of hydrogen-bond donors (Lipinski definition) is 1. The average molecular weight is 358 g/mol. The van der Waals surface area contributed by atoms with Crippen LogP contribution in [-0.4, -0.2) is 24.2 Å². The number of aromatic amines is 1. The summed E-state index contributed by atoms with van der Waals surface area (Å²) in [5.74, 6) is 0.520. The molecule has 0 radical (unpaired) electrons. The van der Waals surface area contributed by atoms with Gasteiger partial charge in [0.05, 0.1) is 19.6 Å². The lowest BCUT2D eigenvalue weighted by Gasteiger charge is -2.07. The van der Waals surface area contributed by atoms with Crippen LogP contribution in [-0.2, 0) is 16.0 Å². The monoisotopic (exact) mass is 357 g/mol. The fourth-order valence-corrected chi connectivity index (χ4v) is 2.82. The zero-order valence-corrected chi connectivity index (χ0v) is 14.6. The molecule has 25 heavy (non-hydrogen) atoms. The molecule has 0 spiro atoms. The predicted molar refractivity (Wildman–Crippen MR) is 99.1 cm³/mol. The van der Waals surface area contributed by atoms with Crippen LogP contribution >= 0.6 is 11.6 Å². The molecular formula is C20H20ClNO3. The van der Waals surface area contributed by atoms with Crippen LogP contribution < -0.4 is 4.74 Å². The van der Waals surface area contributed by atoms with Gasteiger partial charge in [0, 0.05) is 22.1 Å². The minimum atomic E-state index is -0.238. The molecule has 1 aromatic heterocycles. The Hall–Kier alpha value is -2.46. The van der Waals surface area contributed by atoms with Gasteiger partial charge in [0.25, 0.3) is 0 Å². The molecule has 4 nitrogen and oxygen atoms in total. The number of nitrogens with one attached hydrogen (secondary N) is 1. The molecule has 0 bridgehead atoms. The Balaban J connectivity index is 1.36. The van der Waals surface area contributed by atoms with Crippen molar-refractivity contribution in [3.8, 4) is 5.75 Å². The van der Waals surface area contributed by atoms with E-state index in [1.165, 1.54) is 5.56 Å². The van der Waals surface area contributed by atoms with E-state index in [2.05, 4.69) is 4.98 Å². The molecule has 5 heteroatoms. The van der Waals surface area contributed by atoms with Gasteiger partial charge in [-0.05, 0) is 48.7 Å². The van der Waals surface area contributed by atoms with E-state index in [0.29, 0.717) is 13.2 Å². The number of fused-ring (bicyclic) bond motifs is 1. The highest BCUT2D eigenvalue weighted by atomic mass is 35.5. The summed E-state index contributed by atoms with van der Waals surface area (Å²) < 4.78 is 10.7. The molecule has 1 heterocycles. The van der Waals surface area contributed by atoms with E-state index in [9.17, 15) is 4.79 Å². The standard InChI is InChI=1S/C20H20ClNO3/c21-16-8-9-19-18(13-16)15(14-22-19)5-4-11-25-20(23)10-12-24-17-6-2-1-3-7-17/h1-3,6-9,13-14,22H,4-5,10-12H2. The van der Waals surface area contributed by atoms with Crippen LogP contribution in [0.5, 0.6) is 5.75 Å². The van der Waals surface area contributed by atoms with Gasteiger partial charge in [0.15, 0.2) is 0 Å². The van der Waals surface area contributed by atoms with Crippen molar-refractivity contribution in [3.63, 3.8) is 0 Å². The fourth-order valence-electron chi connectivity index (χ4n) is 2.65. The van der Waals surface area contributed by atoms with Crippen LogP contribution in [0.4, 0.5) is 0 Å². The Labute approximate surface area is 151 Å². The summed E-state index contributed by atoms with van der Waals surface area (Å²) >= 11 is 6.05. The lowest BCUT2D eigenvalue weighted by molar-refractivity contribution is -0.144. The lowest BCUT2D eigenvalue weighted by Crippen LogP contribution is -2.11. The molecule has 0 aliphatic rings. The molecule has 3 aromatic rings. The first-order chi connectivity index (χ1) is 12.2. The van der Waals surface area contributed by atoms with Crippen LogP contribution in [0.25, 0.3) is 10.9 Å². The average Bonchev–Trinajstić information content (AvgIpc) is 3.02. The molecule has 0 fully saturated rings. The number of aryl methyl sites for hydroxylation is 1. The smallest absolute Gasteiger partial charge is 0.309 e. The first kappa shape index (κ1) is 17.4. The Morgan fingerprint density at radius 1 is 1.08 bits per heavy atom. The van der Waals surface area contributed by atoms with E-state index in [-0.39, 0.29) is 12.4 Å². The van der Waals surface area contributed by atoms with Gasteiger partial charge in [-0.1, -0.05) is 29.8 Å². The Morgan fingerprint density at radius 2 is 1.92 bits per heavy atom. The number of aromatic nitrogens is 1. The number of halogens is 1. The van der Waals surface area contributed by atoms with Gasteiger partial charge in [0.1, 0.15) is 5.75 Å². The van der Waals surface area contributed by atoms with Crippen LogP contribution in [0.1, 0.15) is 18.4 Å². The number of carbonyl (C=O) groups is 1. The molecule has 1 N–H and O–H groups in total. The third-order valence-electron chi connectivity index (χ3n) is 3.90. The number of para-hydroxylation sites is 1. The molecule has 0 atom stereocenters. The Kier molecular flexibility index (Phi) is 5.96. The summed E-state index contributed by atoms with van der Waals surface area (Å²) in [6.07, 6.45) is 3.83. The fraction of sp³-hybridized carbons (Fsp3) is 0.250. The Bertz CT molecular complexity index is 829. The number of hydrogen-bond acceptors (Lipinski definition) is 3. The van der Waals surface area contributed by atoms with Crippen molar-refractivity contribution >= 4 is 28.5 Å². The van der Waals surface area contributed by atoms with E-state index in [0.717, 1.165) is 34.5 Å². The van der Waals surface area contributed by atoms with Crippen molar-refractivity contribution in [2.45, 2.75) is 19.3 Å². The third kappa shape index (κ3) is 5.00. The topological polar surface area (TPSA) is 51.3 Å². The largest absolute Gasteiger partial charge is 0.493 e. The van der Waals surface area contributed by atoms with Crippen molar-refractivity contribution in [1.29, 1.82) is 0 Å². The highest BCUT2D eigenvalue weighted by Gasteiger charge is 2.06. The van der Waals surface area contributed by atoms with Gasteiger partial charge in [-0.25, -0.2) is 0 Å². The van der Waals surface area contributed by atoms with E-state index >= 15 is 0 Å². The van der Waals surface area contributed by atoms with Gasteiger partial charge < -0.3 is 14.5 Å². The molecule has 2 aromatic carbocycles. The molecule has 0 unspecified atom stereocenters. The zero-order chi connectivity index (χ0) is 17.5. The molecule has 3 rings (SSSR count). The van der Waals surface area contributed by atoms with Crippen LogP contribution in [0, 0.1) is 0 Å². The second-order valence-corrected chi connectivity index (χ2v) is 6.18. The predicted octanol–water partition coefficient (Wildman–Crippen LogP) is 4.77. The summed E-state index contributed by atoms with van der Waals surface area (Å²) in [4.78, 5) is 15.0. The summed E-state index contributed by atoms with van der Waals surface area (Å²) in [5.41, 5.74) is 2.25. The van der Waals surface area contributed by atoms with Crippen molar-refractivity contribution in [1.82, 2.24) is 4.98 Å². The maximum absolute atomic E-state index is 11.7. The first-order valence-corrected chi connectivity index (χ1v) is 8.69. The molecule has 0 saturated carbocycles. The maximum atomic E-state index is 11.7. The van der Waals surface area contributed by atoms with Gasteiger partial charge in [-0.2, -0.15) is 0 Å². The molecule has 0 amide bonds. The second-order valence-electron chi connectivity index (χ2n) is 5.74. The molecule has 130 valence electrons. The highest BCUT2D eigenvalue weighted by molar-refractivity contribution is 6.31. The third-order valence-corrected chi connectivity index (χ3v) is 4.14.